The minimum Gasteiger partial charge on any atom is -0.294 e. The second-order valence-electron chi connectivity index (χ2n) is 0.447. The lowest BCUT2D eigenvalue weighted by Gasteiger charge is -1.91. The van der Waals surface area contributed by atoms with Gasteiger partial charge in [-0.15, -0.1) is 0 Å². The zero-order valence-corrected chi connectivity index (χ0v) is 3.34. The summed E-state index contributed by atoms with van der Waals surface area (Å²) in [5, 5.41) is 0. The van der Waals surface area contributed by atoms with E-state index in [9.17, 15) is 0 Å². The molecule has 0 aromatic carbocycles. The summed E-state index contributed by atoms with van der Waals surface area (Å²) in [6.07, 6.45) is 0. The van der Waals surface area contributed by atoms with Crippen LogP contribution in [0.4, 0.5) is 0 Å². The van der Waals surface area contributed by atoms with E-state index in [1.165, 1.54) is 0 Å². The van der Waals surface area contributed by atoms with Crippen LogP contribution in [0.1, 0.15) is 0 Å². The van der Waals surface area contributed by atoms with Gasteiger partial charge in [-0.1, -0.05) is 13.3 Å². The average Bonchev–Trinajstić information content (AvgIpc) is 0.811. The van der Waals surface area contributed by atoms with E-state index in [4.69, 9.17) is 0 Å². The van der Waals surface area contributed by atoms with Gasteiger partial charge in [0.15, 0.2) is 0 Å². The summed E-state index contributed by atoms with van der Waals surface area (Å²) in [6, 6.07) is 0. The molecule has 0 heterocycles. The molecule has 0 rings (SSSR count). The molecule has 0 aliphatic heterocycles. The van der Waals surface area contributed by atoms with Gasteiger partial charge in [-0.25, -0.2) is 0 Å². The van der Waals surface area contributed by atoms with Crippen LogP contribution in [0.5, 0.6) is 0 Å². The molecule has 2 heteroatoms. The molecule has 0 saturated carbocycles. The van der Waals surface area contributed by atoms with Gasteiger partial charge in [-0.3, -0.25) is 7.80 Å². The fourth-order valence-electron chi connectivity index (χ4n) is 0. The van der Waals surface area contributed by atoms with E-state index < -0.39 is 0 Å². The van der Waals surface area contributed by atoms with Crippen LogP contribution in [-0.4, -0.2) is 20.9 Å². The van der Waals surface area contributed by atoms with Crippen LogP contribution in [0.15, 0.2) is 0 Å². The third kappa shape index (κ3) is 22.8. The third-order valence-corrected chi connectivity index (χ3v) is 0. The molecule has 0 N–H and O–H groups in total. The number of hydrogen-bond donors (Lipinski definition) is 0. The largest absolute Gasteiger partial charge is 0.294 e. The highest BCUT2D eigenvalue weighted by molar-refractivity contribution is 7.80. The molecular weight excluding hydrogens is 65.8 g/mol. The van der Waals surface area contributed by atoms with Gasteiger partial charge in [0, 0.05) is 0 Å². The van der Waals surface area contributed by atoms with E-state index in [1.807, 2.05) is 0 Å². The highest BCUT2D eigenvalue weighted by Crippen LogP contribution is 2.12. The number of rotatable bonds is 0. The Morgan fingerprint density at radius 2 is 1.50 bits per heavy atom. The van der Waals surface area contributed by atoms with Crippen molar-refractivity contribution < 1.29 is 0 Å². The van der Waals surface area contributed by atoms with Gasteiger partial charge in [-0.05, 0) is 7.57 Å². The minimum absolute atomic E-state index is 0.630. The first-order valence-corrected chi connectivity index (χ1v) is 2.68. The summed E-state index contributed by atoms with van der Waals surface area (Å²) in [7, 11) is 1.39. The highest BCUT2D eigenvalue weighted by Gasteiger charge is 1.56. The second kappa shape index (κ2) is 1.78. The summed E-state index contributed by atoms with van der Waals surface area (Å²) in [6.45, 7) is 4.69. The maximum absolute atomic E-state index is 2.34. The van der Waals surface area contributed by atoms with Gasteiger partial charge in [0.25, 0.3) is 0 Å². The molecule has 0 nitrogen and oxygen atoms in total. The SMILES string of the molecule is [BH3-]P(C)C. The maximum Gasteiger partial charge on any atom is -0.0222 e. The molecule has 0 aromatic rings. The first kappa shape index (κ1) is 4.49. The molecule has 0 bridgehead atoms. The van der Waals surface area contributed by atoms with E-state index >= 15 is 0 Å². The Balaban J connectivity index is 2.32. The van der Waals surface area contributed by atoms with Crippen molar-refractivity contribution in [2.45, 2.75) is 0 Å². The number of hydrogen-bond acceptors (Lipinski definition) is 0. The average molecular weight is 74.9 g/mol. The standard InChI is InChI=1S/C2H9BP/c1-4(2)3/h1-3H3/q-1. The van der Waals surface area contributed by atoms with E-state index in [1.54, 1.807) is 0 Å². The van der Waals surface area contributed by atoms with Gasteiger partial charge in [-0.2, -0.15) is 0 Å². The van der Waals surface area contributed by atoms with Crippen LogP contribution in [0.3, 0.4) is 0 Å². The van der Waals surface area contributed by atoms with Crippen molar-refractivity contribution in [2.24, 2.45) is 0 Å². The molecule has 26 valence electrons. The second-order valence-corrected chi connectivity index (χ2v) is 1.34. The van der Waals surface area contributed by atoms with Crippen molar-refractivity contribution in [1.82, 2.24) is 0 Å². The molecule has 0 unspecified atom stereocenters. The van der Waals surface area contributed by atoms with Gasteiger partial charge in [0.1, 0.15) is 0 Å². The molecule has 0 aliphatic carbocycles. The van der Waals surface area contributed by atoms with Crippen molar-refractivity contribution in [1.29, 1.82) is 0 Å². The fourth-order valence-corrected chi connectivity index (χ4v) is 0. The Morgan fingerprint density at radius 1 is 1.50 bits per heavy atom. The highest BCUT2D eigenvalue weighted by atomic mass is 31.1. The van der Waals surface area contributed by atoms with Crippen molar-refractivity contribution in [3.05, 3.63) is 0 Å². The molecule has 4 heavy (non-hydrogen) atoms. The van der Waals surface area contributed by atoms with Crippen molar-refractivity contribution in [3.8, 4) is 0 Å². The predicted molar refractivity (Wildman–Crippen MR) is 28.7 cm³/mol. The maximum atomic E-state index is 2.34. The molecule has 0 spiro atoms. The first-order chi connectivity index (χ1) is 1.73. The Bertz CT molecular complexity index is 10.8. The summed E-state index contributed by atoms with van der Waals surface area (Å²) in [4.78, 5) is 0. The Kier molecular flexibility index (Phi) is 2.00. The van der Waals surface area contributed by atoms with Gasteiger partial charge < -0.3 is 0 Å². The van der Waals surface area contributed by atoms with Crippen LogP contribution < -0.4 is 0 Å². The van der Waals surface area contributed by atoms with Crippen molar-refractivity contribution in [3.63, 3.8) is 0 Å². The predicted octanol–water partition coefficient (Wildman–Crippen LogP) is 0.00830. The monoisotopic (exact) mass is 75.1 g/mol. The van der Waals surface area contributed by atoms with Crippen molar-refractivity contribution >= 4 is 15.4 Å². The van der Waals surface area contributed by atoms with Gasteiger partial charge in [0.2, 0.25) is 0 Å². The minimum atomic E-state index is 0.630. The molecule has 0 saturated heterocycles. The van der Waals surface area contributed by atoms with Crippen LogP contribution in [-0.2, 0) is 0 Å². The lowest BCUT2D eigenvalue weighted by Crippen LogP contribution is -1.52. The summed E-state index contributed by atoms with van der Waals surface area (Å²) in [5.41, 5.74) is 0. The zero-order valence-electron chi connectivity index (χ0n) is 2.45. The topological polar surface area (TPSA) is 0 Å². The van der Waals surface area contributed by atoms with Gasteiger partial charge in [0.05, 0.1) is 0 Å². The van der Waals surface area contributed by atoms with E-state index in [2.05, 4.69) is 13.3 Å². The van der Waals surface area contributed by atoms with Crippen molar-refractivity contribution in [2.75, 3.05) is 13.3 Å². The molecule has 0 aliphatic rings. The summed E-state index contributed by atoms with van der Waals surface area (Å²) < 4.78 is 0. The summed E-state index contributed by atoms with van der Waals surface area (Å²) >= 11 is 0. The normalized spacial score (nSPS) is 9.00. The lowest BCUT2D eigenvalue weighted by atomic mass is 10.8. The molecular formula is C2H9BP-. The molecule has 0 atom stereocenters. The Hall–Kier alpha value is 0.495. The van der Waals surface area contributed by atoms with Crippen LogP contribution in [0, 0.1) is 0 Å². The third-order valence-electron chi connectivity index (χ3n) is 0. The molecule has 0 aromatic heterocycles. The van der Waals surface area contributed by atoms with Crippen LogP contribution in [0.25, 0.3) is 0 Å². The Morgan fingerprint density at radius 3 is 1.50 bits per heavy atom. The first-order valence-electron chi connectivity index (χ1n) is 0.894. The van der Waals surface area contributed by atoms with E-state index in [-0.39, 0.29) is 0 Å². The molecule has 0 fully saturated rings. The van der Waals surface area contributed by atoms with Crippen LogP contribution in [0.2, 0.25) is 0 Å². The smallest absolute Gasteiger partial charge is 0.0222 e. The summed E-state index contributed by atoms with van der Waals surface area (Å²) in [5.74, 6) is 0. The molecule has 0 radical (unpaired) electrons. The molecule has 0 amide bonds. The van der Waals surface area contributed by atoms with Gasteiger partial charge >= 0.3 is 0 Å². The van der Waals surface area contributed by atoms with E-state index in [0.29, 0.717) is 7.80 Å². The Labute approximate surface area is 29.7 Å². The van der Waals surface area contributed by atoms with E-state index in [0.717, 1.165) is 7.57 Å². The zero-order chi connectivity index (χ0) is 3.58. The fraction of sp³-hybridized carbons (Fsp3) is 1.00. The quantitative estimate of drug-likeness (QED) is 0.281. The van der Waals surface area contributed by atoms with Crippen LogP contribution >= 0.6 is 7.80 Å². The lowest BCUT2D eigenvalue weighted by molar-refractivity contribution is 2.29.